The van der Waals surface area contributed by atoms with Crippen molar-refractivity contribution in [1.82, 2.24) is 9.55 Å². The number of ether oxygens (including phenoxy) is 3. The van der Waals surface area contributed by atoms with Crippen LogP contribution >= 0.6 is 0 Å². The van der Waals surface area contributed by atoms with Crippen LogP contribution in [-0.4, -0.2) is 44.5 Å². The van der Waals surface area contributed by atoms with E-state index in [1.54, 1.807) is 20.4 Å². The number of pyridine rings is 1. The van der Waals surface area contributed by atoms with Gasteiger partial charge in [0.05, 0.1) is 26.5 Å². The first-order chi connectivity index (χ1) is 28.1. The van der Waals surface area contributed by atoms with Crippen molar-refractivity contribution in [2.45, 2.75) is 58.2 Å². The Hall–Kier alpha value is -5.80. The van der Waals surface area contributed by atoms with Crippen molar-refractivity contribution in [3.8, 4) is 22.6 Å². The van der Waals surface area contributed by atoms with Gasteiger partial charge in [0, 0.05) is 48.4 Å². The number of aryl methyl sites for hydroxylation is 1. The van der Waals surface area contributed by atoms with E-state index in [2.05, 4.69) is 121 Å². The van der Waals surface area contributed by atoms with E-state index in [4.69, 9.17) is 18.6 Å². The van der Waals surface area contributed by atoms with Gasteiger partial charge in [-0.3, -0.25) is 9.78 Å². The highest BCUT2D eigenvalue weighted by Crippen LogP contribution is 2.42. The zero-order chi connectivity index (χ0) is 40.7. The average Bonchev–Trinajstić information content (AvgIpc) is 3.53. The van der Waals surface area contributed by atoms with Gasteiger partial charge in [0.1, 0.15) is 17.1 Å². The summed E-state index contributed by atoms with van der Waals surface area (Å²) in [7, 11) is 1.69. The van der Waals surface area contributed by atoms with Gasteiger partial charge in [0.15, 0.2) is 14.1 Å². The minimum absolute atomic E-state index is 0.0830. The van der Waals surface area contributed by atoms with E-state index in [1.165, 1.54) is 0 Å². The standard InChI is InChI=1S/C50H52N2O5Si/c1-36-46-29-20-39(40-12-10-30-51-33-40)32-47(46)52(34-37-16-18-38(19-17-37)35-57-58(4,5)6)49(36)48(53)15-11-31-56-50(41-13-8-7-9-14-41,42-21-25-44(54-2)26-22-42)43-23-27-45(55-3)28-24-43/h7-10,12-14,16-30,32-33H,11,15,31,34-35H2,1-6H3. The lowest BCUT2D eigenvalue weighted by Gasteiger charge is -2.36. The Bertz CT molecular complexity index is 2390. The molecule has 0 aliphatic carbocycles. The molecule has 2 heterocycles. The normalized spacial score (nSPS) is 11.8. The molecule has 0 N–H and O–H groups in total. The summed E-state index contributed by atoms with van der Waals surface area (Å²) < 4.78 is 26.5. The van der Waals surface area contributed by atoms with Crippen LogP contribution in [0.15, 0.2) is 146 Å². The first-order valence-corrected chi connectivity index (χ1v) is 23.3. The number of benzene rings is 5. The second-order valence-corrected chi connectivity index (χ2v) is 20.1. The molecule has 296 valence electrons. The minimum atomic E-state index is -1.64. The zero-order valence-electron chi connectivity index (χ0n) is 34.3. The number of rotatable bonds is 17. The molecule has 0 atom stereocenters. The SMILES string of the molecule is COc1ccc(C(OCCCC(=O)c2c(C)c3ccc(-c4cccnc4)cc3n2Cc2ccc(CO[Si](C)(C)C)cc2)(c2ccccc2)c2ccc(OC)cc2)cc1. The van der Waals surface area contributed by atoms with Crippen LogP contribution in [0.1, 0.15) is 56.7 Å². The van der Waals surface area contributed by atoms with Gasteiger partial charge < -0.3 is 23.2 Å². The highest BCUT2D eigenvalue weighted by molar-refractivity contribution is 6.69. The molecule has 0 radical (unpaired) electrons. The molecular weight excluding hydrogens is 737 g/mol. The molecule has 8 heteroatoms. The van der Waals surface area contributed by atoms with Gasteiger partial charge in [-0.15, -0.1) is 0 Å². The van der Waals surface area contributed by atoms with Crippen LogP contribution in [0.2, 0.25) is 19.6 Å². The van der Waals surface area contributed by atoms with E-state index >= 15 is 0 Å². The Labute approximate surface area is 343 Å². The number of carbonyl (C=O) groups is 1. The maximum atomic E-state index is 14.6. The summed E-state index contributed by atoms with van der Waals surface area (Å²) in [5.41, 5.74) is 9.00. The molecular formula is C50H52N2O5Si. The van der Waals surface area contributed by atoms with Gasteiger partial charge >= 0.3 is 0 Å². The van der Waals surface area contributed by atoms with Crippen LogP contribution in [0.5, 0.6) is 11.5 Å². The Balaban J connectivity index is 1.20. The molecule has 0 saturated carbocycles. The molecule has 0 amide bonds. The highest BCUT2D eigenvalue weighted by Gasteiger charge is 2.38. The van der Waals surface area contributed by atoms with E-state index in [-0.39, 0.29) is 5.78 Å². The van der Waals surface area contributed by atoms with Crippen LogP contribution in [0.4, 0.5) is 0 Å². The summed E-state index contributed by atoms with van der Waals surface area (Å²) in [5, 5.41) is 1.06. The van der Waals surface area contributed by atoms with Gasteiger partial charge in [-0.1, -0.05) is 97.1 Å². The third-order valence-corrected chi connectivity index (χ3v) is 11.7. The van der Waals surface area contributed by atoms with Gasteiger partial charge in [0.2, 0.25) is 0 Å². The van der Waals surface area contributed by atoms with Gasteiger partial charge in [-0.25, -0.2) is 0 Å². The molecule has 0 aliphatic rings. The first-order valence-electron chi connectivity index (χ1n) is 19.9. The number of nitrogens with zero attached hydrogens (tertiary/aromatic N) is 2. The van der Waals surface area contributed by atoms with E-state index < -0.39 is 13.9 Å². The fraction of sp³-hybridized carbons (Fsp3) is 0.240. The number of fused-ring (bicyclic) bond motifs is 1. The van der Waals surface area contributed by atoms with Crippen molar-refractivity contribution < 1.29 is 23.4 Å². The quantitative estimate of drug-likeness (QED) is 0.0396. The molecule has 0 bridgehead atoms. The Kier molecular flexibility index (Phi) is 12.4. The lowest BCUT2D eigenvalue weighted by Crippen LogP contribution is -2.33. The first kappa shape index (κ1) is 40.4. The summed E-state index contributed by atoms with van der Waals surface area (Å²) in [6.45, 7) is 10.2. The minimum Gasteiger partial charge on any atom is -0.497 e. The summed E-state index contributed by atoms with van der Waals surface area (Å²) in [6.07, 6.45) is 4.50. The molecule has 5 aromatic carbocycles. The lowest BCUT2D eigenvalue weighted by molar-refractivity contribution is 0.0109. The van der Waals surface area contributed by atoms with Gasteiger partial charge in [-0.05, 0) is 108 Å². The van der Waals surface area contributed by atoms with Crippen molar-refractivity contribution in [2.24, 2.45) is 0 Å². The van der Waals surface area contributed by atoms with Crippen LogP contribution in [0.25, 0.3) is 22.0 Å². The predicted molar refractivity (Wildman–Crippen MR) is 235 cm³/mol. The molecule has 2 aromatic heterocycles. The smallest absolute Gasteiger partial charge is 0.184 e. The monoisotopic (exact) mass is 788 g/mol. The van der Waals surface area contributed by atoms with Crippen LogP contribution in [-0.2, 0) is 27.9 Å². The molecule has 7 rings (SSSR count). The Morgan fingerprint density at radius 1 is 0.707 bits per heavy atom. The van der Waals surface area contributed by atoms with E-state index in [1.807, 2.05) is 54.7 Å². The van der Waals surface area contributed by atoms with E-state index in [9.17, 15) is 4.79 Å². The van der Waals surface area contributed by atoms with Crippen LogP contribution in [0, 0.1) is 6.92 Å². The number of Topliss-reactive ketones (excluding diaryl/α,β-unsaturated/α-hetero) is 1. The van der Waals surface area contributed by atoms with Gasteiger partial charge in [-0.2, -0.15) is 0 Å². The highest BCUT2D eigenvalue weighted by atomic mass is 28.4. The van der Waals surface area contributed by atoms with Crippen LogP contribution in [0.3, 0.4) is 0 Å². The maximum Gasteiger partial charge on any atom is 0.184 e. The second kappa shape index (κ2) is 17.8. The molecule has 0 aliphatic heterocycles. The summed E-state index contributed by atoms with van der Waals surface area (Å²) in [5.74, 6) is 1.60. The van der Waals surface area contributed by atoms with Crippen molar-refractivity contribution in [2.75, 3.05) is 20.8 Å². The fourth-order valence-corrected chi connectivity index (χ4v) is 8.23. The number of hydrogen-bond acceptors (Lipinski definition) is 6. The maximum absolute atomic E-state index is 14.6. The molecule has 0 unspecified atom stereocenters. The van der Waals surface area contributed by atoms with Crippen molar-refractivity contribution in [3.63, 3.8) is 0 Å². The molecule has 7 aromatic rings. The topological polar surface area (TPSA) is 71.8 Å². The lowest BCUT2D eigenvalue weighted by atomic mass is 9.80. The number of carbonyl (C=O) groups excluding carboxylic acids is 1. The summed E-state index contributed by atoms with van der Waals surface area (Å²) in [6, 6.07) is 45.3. The largest absolute Gasteiger partial charge is 0.497 e. The fourth-order valence-electron chi connectivity index (χ4n) is 7.63. The Morgan fingerprint density at radius 3 is 1.91 bits per heavy atom. The predicted octanol–water partition coefficient (Wildman–Crippen LogP) is 11.4. The number of methoxy groups -OCH3 is 2. The molecule has 0 fully saturated rings. The van der Waals surface area contributed by atoms with E-state index in [0.29, 0.717) is 32.6 Å². The number of hydrogen-bond donors (Lipinski definition) is 0. The van der Waals surface area contributed by atoms with Gasteiger partial charge in [0.25, 0.3) is 0 Å². The third-order valence-electron chi connectivity index (χ3n) is 10.7. The van der Waals surface area contributed by atoms with Crippen molar-refractivity contribution in [1.29, 1.82) is 0 Å². The summed E-state index contributed by atoms with van der Waals surface area (Å²) in [4.78, 5) is 18.9. The molecule has 0 saturated heterocycles. The Morgan fingerprint density at radius 2 is 1.33 bits per heavy atom. The third kappa shape index (κ3) is 8.85. The number of ketones is 1. The molecule has 0 spiro atoms. The summed E-state index contributed by atoms with van der Waals surface area (Å²) >= 11 is 0. The molecule has 58 heavy (non-hydrogen) atoms. The molecule has 7 nitrogen and oxygen atoms in total. The zero-order valence-corrected chi connectivity index (χ0v) is 35.3. The van der Waals surface area contributed by atoms with Crippen molar-refractivity contribution >= 4 is 25.0 Å². The van der Waals surface area contributed by atoms with Crippen molar-refractivity contribution in [3.05, 3.63) is 185 Å². The van der Waals surface area contributed by atoms with E-state index in [0.717, 1.165) is 72.6 Å². The number of aromatic nitrogens is 2. The second-order valence-electron chi connectivity index (χ2n) is 15.6. The van der Waals surface area contributed by atoms with Crippen LogP contribution < -0.4 is 9.47 Å². The average molecular weight is 789 g/mol.